The number of nitrogens with zero attached hydrogens (tertiary/aromatic N) is 1. The van der Waals surface area contributed by atoms with E-state index in [2.05, 4.69) is 23.0 Å². The third kappa shape index (κ3) is 8.32. The summed E-state index contributed by atoms with van der Waals surface area (Å²) >= 11 is 0. The number of amides is 3. The second-order valence-corrected chi connectivity index (χ2v) is 8.39. The van der Waals surface area contributed by atoms with Gasteiger partial charge in [0.1, 0.15) is 18.1 Å². The molecule has 4 atom stereocenters. The highest BCUT2D eigenvalue weighted by molar-refractivity contribution is 5.92. The molecule has 1 aliphatic rings. The number of hydrogen-bond donors (Lipinski definition) is 4. The molecule has 1 rings (SSSR count). The zero-order chi connectivity index (χ0) is 23.6. The summed E-state index contributed by atoms with van der Waals surface area (Å²) in [7, 11) is 0. The van der Waals surface area contributed by atoms with Gasteiger partial charge < -0.3 is 15.7 Å². The van der Waals surface area contributed by atoms with Crippen molar-refractivity contribution < 1.29 is 24.3 Å². The van der Waals surface area contributed by atoms with Crippen LogP contribution >= 0.6 is 0 Å². The summed E-state index contributed by atoms with van der Waals surface area (Å²) in [5, 5.41) is 15.9. The molecule has 1 saturated heterocycles. The van der Waals surface area contributed by atoms with E-state index >= 15 is 0 Å². The SMILES string of the molecule is C/C=C/C(CCCC)C(=O)NC(C(=O)NC(C)C(=O)N1CCCC(C(=O)O)N1)C(C)C. The van der Waals surface area contributed by atoms with Crippen molar-refractivity contribution in [3.63, 3.8) is 0 Å². The Kier molecular flexibility index (Phi) is 11.2. The number of aliphatic carboxylic acids is 1. The van der Waals surface area contributed by atoms with Crippen molar-refractivity contribution in [2.45, 2.75) is 84.8 Å². The Morgan fingerprint density at radius 1 is 1.16 bits per heavy atom. The molecule has 0 aromatic carbocycles. The number of carbonyl (C=O) groups is 4. The first-order valence-electron chi connectivity index (χ1n) is 11.2. The molecule has 31 heavy (non-hydrogen) atoms. The molecule has 9 nitrogen and oxygen atoms in total. The van der Waals surface area contributed by atoms with E-state index in [0.29, 0.717) is 25.8 Å². The first-order chi connectivity index (χ1) is 14.6. The van der Waals surface area contributed by atoms with Gasteiger partial charge in [-0.1, -0.05) is 45.8 Å². The Morgan fingerprint density at radius 3 is 2.39 bits per heavy atom. The van der Waals surface area contributed by atoms with Crippen molar-refractivity contribution in [2.24, 2.45) is 11.8 Å². The third-order valence-electron chi connectivity index (χ3n) is 5.36. The van der Waals surface area contributed by atoms with E-state index in [9.17, 15) is 19.2 Å². The van der Waals surface area contributed by atoms with Crippen LogP contribution < -0.4 is 16.1 Å². The lowest BCUT2D eigenvalue weighted by molar-refractivity contribution is -0.148. The van der Waals surface area contributed by atoms with Crippen molar-refractivity contribution >= 4 is 23.7 Å². The first-order valence-corrected chi connectivity index (χ1v) is 11.2. The molecular weight excluding hydrogens is 400 g/mol. The monoisotopic (exact) mass is 438 g/mol. The minimum atomic E-state index is -1.02. The number of hydrogen-bond acceptors (Lipinski definition) is 5. The van der Waals surface area contributed by atoms with E-state index in [-0.39, 0.29) is 17.7 Å². The molecule has 9 heteroatoms. The van der Waals surface area contributed by atoms with Gasteiger partial charge in [-0.2, -0.15) is 0 Å². The van der Waals surface area contributed by atoms with Gasteiger partial charge in [0.25, 0.3) is 5.91 Å². The zero-order valence-corrected chi connectivity index (χ0v) is 19.3. The normalized spacial score (nSPS) is 19.7. The van der Waals surface area contributed by atoms with E-state index in [1.54, 1.807) is 6.92 Å². The Balaban J connectivity index is 2.76. The average Bonchev–Trinajstić information content (AvgIpc) is 2.73. The lowest BCUT2D eigenvalue weighted by Gasteiger charge is -2.34. The van der Waals surface area contributed by atoms with E-state index in [4.69, 9.17) is 5.11 Å². The largest absolute Gasteiger partial charge is 0.480 e. The molecule has 0 aromatic rings. The highest BCUT2D eigenvalue weighted by Crippen LogP contribution is 2.13. The van der Waals surface area contributed by atoms with Crippen LogP contribution in [0.5, 0.6) is 0 Å². The molecule has 1 aliphatic heterocycles. The van der Waals surface area contributed by atoms with Crippen LogP contribution in [0.3, 0.4) is 0 Å². The molecule has 0 saturated carbocycles. The third-order valence-corrected chi connectivity index (χ3v) is 5.36. The van der Waals surface area contributed by atoms with Crippen LogP contribution in [0.4, 0.5) is 0 Å². The van der Waals surface area contributed by atoms with Crippen molar-refractivity contribution in [1.29, 1.82) is 0 Å². The topological polar surface area (TPSA) is 128 Å². The van der Waals surface area contributed by atoms with Crippen LogP contribution in [-0.4, -0.2) is 58.5 Å². The standard InChI is InChI=1S/C22H38N4O5/c1-6-8-11-16(10-7-2)19(27)24-18(14(3)4)20(28)23-15(5)21(29)26-13-9-12-17(25-26)22(30)31/h7,10,14-18,25H,6,8-9,11-13H2,1-5H3,(H,23,28)(H,24,27)(H,30,31)/b10-7+. The Labute approximate surface area is 185 Å². The number of hydrazine groups is 1. The molecular formula is C22H38N4O5. The summed E-state index contributed by atoms with van der Waals surface area (Å²) in [6.07, 6.45) is 7.26. The van der Waals surface area contributed by atoms with Gasteiger partial charge in [0.05, 0.1) is 5.92 Å². The lowest BCUT2D eigenvalue weighted by atomic mass is 9.97. The number of allylic oxidation sites excluding steroid dienone is 1. The van der Waals surface area contributed by atoms with Crippen LogP contribution in [-0.2, 0) is 19.2 Å². The van der Waals surface area contributed by atoms with Crippen molar-refractivity contribution in [1.82, 2.24) is 21.1 Å². The summed E-state index contributed by atoms with van der Waals surface area (Å²) in [5.74, 6) is -2.55. The number of carboxylic acids is 1. The molecule has 0 radical (unpaired) electrons. The molecule has 0 spiro atoms. The Hall–Kier alpha value is -2.42. The van der Waals surface area contributed by atoms with E-state index in [1.807, 2.05) is 32.9 Å². The van der Waals surface area contributed by atoms with Crippen molar-refractivity contribution in [2.75, 3.05) is 6.54 Å². The minimum absolute atomic E-state index is 0.173. The number of nitrogens with one attached hydrogen (secondary N) is 3. The smallest absolute Gasteiger partial charge is 0.322 e. The predicted molar refractivity (Wildman–Crippen MR) is 118 cm³/mol. The molecule has 0 aromatic heterocycles. The quantitative estimate of drug-likeness (QED) is 0.363. The number of unbranched alkanes of at least 4 members (excludes halogenated alkanes) is 1. The predicted octanol–water partition coefficient (Wildman–Crippen LogP) is 1.59. The van der Waals surface area contributed by atoms with E-state index in [1.165, 1.54) is 5.01 Å². The van der Waals surface area contributed by atoms with Gasteiger partial charge >= 0.3 is 5.97 Å². The maximum Gasteiger partial charge on any atom is 0.322 e. The summed E-state index contributed by atoms with van der Waals surface area (Å²) < 4.78 is 0. The fourth-order valence-corrected chi connectivity index (χ4v) is 3.49. The molecule has 4 unspecified atom stereocenters. The first kappa shape index (κ1) is 26.6. The molecule has 0 bridgehead atoms. The van der Waals surface area contributed by atoms with Gasteiger partial charge in [-0.05, 0) is 39.0 Å². The second kappa shape index (κ2) is 13.1. The molecule has 176 valence electrons. The van der Waals surface area contributed by atoms with Gasteiger partial charge in [0.15, 0.2) is 0 Å². The van der Waals surface area contributed by atoms with E-state index in [0.717, 1.165) is 12.8 Å². The lowest BCUT2D eigenvalue weighted by Crippen LogP contribution is -2.60. The molecule has 4 N–H and O–H groups in total. The Morgan fingerprint density at radius 2 is 1.84 bits per heavy atom. The fraction of sp³-hybridized carbons (Fsp3) is 0.727. The number of rotatable bonds is 11. The van der Waals surface area contributed by atoms with Crippen LogP contribution in [0.1, 0.15) is 66.7 Å². The molecule has 3 amide bonds. The van der Waals surface area contributed by atoms with Gasteiger partial charge in [-0.25, -0.2) is 5.43 Å². The van der Waals surface area contributed by atoms with Gasteiger partial charge in [-0.3, -0.25) is 24.2 Å². The van der Waals surface area contributed by atoms with Crippen LogP contribution in [0.15, 0.2) is 12.2 Å². The van der Waals surface area contributed by atoms with Crippen molar-refractivity contribution in [3.05, 3.63) is 12.2 Å². The van der Waals surface area contributed by atoms with Crippen LogP contribution in [0.2, 0.25) is 0 Å². The minimum Gasteiger partial charge on any atom is -0.480 e. The summed E-state index contributed by atoms with van der Waals surface area (Å²) in [4.78, 5) is 49.5. The summed E-state index contributed by atoms with van der Waals surface area (Å²) in [6.45, 7) is 9.50. The molecule has 0 aliphatic carbocycles. The van der Waals surface area contributed by atoms with Gasteiger partial charge in [-0.15, -0.1) is 0 Å². The highest BCUT2D eigenvalue weighted by Gasteiger charge is 2.33. The Bertz CT molecular complexity index is 664. The molecule has 1 heterocycles. The molecule has 1 fully saturated rings. The average molecular weight is 439 g/mol. The van der Waals surface area contributed by atoms with Crippen molar-refractivity contribution in [3.8, 4) is 0 Å². The second-order valence-electron chi connectivity index (χ2n) is 8.39. The van der Waals surface area contributed by atoms with Crippen LogP contribution in [0.25, 0.3) is 0 Å². The summed E-state index contributed by atoms with van der Waals surface area (Å²) in [5.41, 5.74) is 2.70. The highest BCUT2D eigenvalue weighted by atomic mass is 16.4. The van der Waals surface area contributed by atoms with Crippen LogP contribution in [0, 0.1) is 11.8 Å². The maximum absolute atomic E-state index is 12.9. The fourth-order valence-electron chi connectivity index (χ4n) is 3.49. The van der Waals surface area contributed by atoms with E-state index < -0.39 is 35.9 Å². The summed E-state index contributed by atoms with van der Waals surface area (Å²) in [6, 6.07) is -2.47. The number of carboxylic acid groups (broad SMARTS) is 1. The number of carbonyl (C=O) groups excluding carboxylic acids is 3. The van der Waals surface area contributed by atoms with Gasteiger partial charge in [0, 0.05) is 6.54 Å². The van der Waals surface area contributed by atoms with Gasteiger partial charge in [0.2, 0.25) is 11.8 Å². The maximum atomic E-state index is 12.9. The zero-order valence-electron chi connectivity index (χ0n) is 19.3.